The first-order chi connectivity index (χ1) is 13.5. The largest absolute Gasteiger partial charge is 0.336 e. The lowest BCUT2D eigenvalue weighted by atomic mass is 9.75. The number of halogens is 1. The number of hydrogen-bond donors (Lipinski definition) is 1. The van der Waals surface area contributed by atoms with Gasteiger partial charge in [0.25, 0.3) is 0 Å². The van der Waals surface area contributed by atoms with E-state index in [1.807, 2.05) is 23.4 Å². The second kappa shape index (κ2) is 7.92. The Hall–Kier alpha value is -1.18. The number of piperidine rings is 1. The third kappa shape index (κ3) is 3.15. The molecule has 28 heavy (non-hydrogen) atoms. The van der Waals surface area contributed by atoms with Gasteiger partial charge in [-0.15, -0.1) is 11.8 Å². The van der Waals surface area contributed by atoms with Crippen molar-refractivity contribution in [3.63, 3.8) is 0 Å². The molecule has 1 aliphatic carbocycles. The monoisotopic (exact) mass is 464 g/mol. The van der Waals surface area contributed by atoms with Gasteiger partial charge in [0.1, 0.15) is 0 Å². The van der Waals surface area contributed by atoms with Gasteiger partial charge in [-0.1, -0.05) is 15.9 Å². The van der Waals surface area contributed by atoms with Crippen molar-refractivity contribution in [1.82, 2.24) is 14.5 Å². The third-order valence-corrected chi connectivity index (χ3v) is 7.71. The summed E-state index contributed by atoms with van der Waals surface area (Å²) in [7, 11) is 2.26. The number of hydrogen-bond acceptors (Lipinski definition) is 3. The number of nitrogens with one attached hydrogen (secondary N) is 1. The quantitative estimate of drug-likeness (QED) is 0.656. The lowest BCUT2D eigenvalue weighted by Crippen LogP contribution is -2.44. The summed E-state index contributed by atoms with van der Waals surface area (Å²) in [5.41, 5.74) is 7.12. The van der Waals surface area contributed by atoms with Crippen molar-refractivity contribution in [3.05, 3.63) is 27.7 Å². The maximum atomic E-state index is 12.8. The average molecular weight is 465 g/mol. The van der Waals surface area contributed by atoms with Gasteiger partial charge in [-0.25, -0.2) is 14.9 Å². The number of likely N-dealkylation sites (N-methyl/N-ethyl adjacent to an activating group) is 1. The fourth-order valence-corrected chi connectivity index (χ4v) is 6.27. The summed E-state index contributed by atoms with van der Waals surface area (Å²) < 4.78 is 3.11. The molecule has 0 saturated carbocycles. The molecule has 2 amide bonds. The van der Waals surface area contributed by atoms with E-state index in [1.165, 1.54) is 35.9 Å². The molecule has 1 fully saturated rings. The van der Waals surface area contributed by atoms with Crippen LogP contribution in [-0.2, 0) is 6.42 Å². The summed E-state index contributed by atoms with van der Waals surface area (Å²) >= 11 is 5.46. The number of fused-ring (bicyclic) bond motifs is 2. The maximum absolute atomic E-state index is 12.8. The Balaban J connectivity index is 1.88. The van der Waals surface area contributed by atoms with Gasteiger partial charge < -0.3 is 9.80 Å². The molecule has 7 heteroatoms. The predicted octanol–water partition coefficient (Wildman–Crippen LogP) is 4.86. The molecule has 0 radical (unpaired) electrons. The first-order valence-electron chi connectivity index (χ1n) is 10.2. The highest BCUT2D eigenvalue weighted by Crippen LogP contribution is 2.47. The van der Waals surface area contributed by atoms with Crippen LogP contribution in [0.25, 0.3) is 10.9 Å². The first-order valence-corrected chi connectivity index (χ1v) is 12.2. The Morgan fingerprint density at radius 3 is 2.79 bits per heavy atom. The molecule has 5 nitrogen and oxygen atoms in total. The minimum atomic E-state index is -0.0425. The molecule has 4 rings (SSSR count). The van der Waals surface area contributed by atoms with E-state index < -0.39 is 0 Å². The predicted molar refractivity (Wildman–Crippen MR) is 121 cm³/mol. The van der Waals surface area contributed by atoms with Crippen LogP contribution < -0.4 is 5.43 Å². The van der Waals surface area contributed by atoms with Crippen molar-refractivity contribution in [2.45, 2.75) is 50.1 Å². The molecule has 2 aromatic rings. The topological polar surface area (TPSA) is 40.5 Å². The smallest absolute Gasteiger partial charge is 0.324 e. The van der Waals surface area contributed by atoms with Gasteiger partial charge in [0.2, 0.25) is 0 Å². The molecule has 0 unspecified atom stereocenters. The Bertz CT molecular complexity index is 908. The molecular weight excluding hydrogens is 436 g/mol. The van der Waals surface area contributed by atoms with Gasteiger partial charge in [-0.05, 0) is 76.2 Å². The van der Waals surface area contributed by atoms with Gasteiger partial charge in [0.15, 0.2) is 0 Å². The van der Waals surface area contributed by atoms with Crippen LogP contribution in [0.4, 0.5) is 4.79 Å². The molecule has 1 aromatic carbocycles. The average Bonchev–Trinajstić information content (AvgIpc) is 2.96. The zero-order valence-electron chi connectivity index (χ0n) is 17.1. The van der Waals surface area contributed by atoms with E-state index in [-0.39, 0.29) is 6.03 Å². The van der Waals surface area contributed by atoms with Crippen LogP contribution in [0.3, 0.4) is 0 Å². The van der Waals surface area contributed by atoms with Crippen LogP contribution in [0.1, 0.15) is 43.7 Å². The molecule has 1 aromatic heterocycles. The van der Waals surface area contributed by atoms with E-state index >= 15 is 0 Å². The van der Waals surface area contributed by atoms with Gasteiger partial charge in [0, 0.05) is 34.9 Å². The van der Waals surface area contributed by atoms with Crippen molar-refractivity contribution in [2.24, 2.45) is 0 Å². The van der Waals surface area contributed by atoms with Crippen molar-refractivity contribution in [1.29, 1.82) is 0 Å². The Labute approximate surface area is 179 Å². The lowest BCUT2D eigenvalue weighted by Gasteiger charge is -2.42. The highest BCUT2D eigenvalue weighted by atomic mass is 79.9. The van der Waals surface area contributed by atoms with E-state index in [4.69, 9.17) is 0 Å². The van der Waals surface area contributed by atoms with Crippen LogP contribution >= 0.6 is 27.7 Å². The Morgan fingerprint density at radius 2 is 2.11 bits per heavy atom. The van der Waals surface area contributed by atoms with Crippen molar-refractivity contribution >= 4 is 44.6 Å². The molecule has 2 heterocycles. The SMILES string of the molecule is CCN(CC)C(=O)Nn1c(SC)c2c3c(cc(Br)cc31)[C@H]1CCCN(C)[C@@H]1C2. The van der Waals surface area contributed by atoms with Gasteiger partial charge >= 0.3 is 6.03 Å². The second-order valence-electron chi connectivity index (χ2n) is 7.80. The number of aromatic nitrogens is 1. The number of amides is 2. The number of urea groups is 1. The summed E-state index contributed by atoms with van der Waals surface area (Å²) in [6.45, 7) is 6.60. The minimum Gasteiger partial charge on any atom is -0.324 e. The summed E-state index contributed by atoms with van der Waals surface area (Å²) in [6.07, 6.45) is 5.65. The van der Waals surface area contributed by atoms with Crippen molar-refractivity contribution < 1.29 is 4.79 Å². The second-order valence-corrected chi connectivity index (χ2v) is 9.51. The number of likely N-dealkylation sites (tertiary alicyclic amines) is 1. The molecule has 2 aliphatic rings. The summed E-state index contributed by atoms with van der Waals surface area (Å²) in [6, 6.07) is 4.96. The normalized spacial score (nSPS) is 21.6. The molecule has 2 atom stereocenters. The summed E-state index contributed by atoms with van der Waals surface area (Å²) in [5, 5.41) is 2.51. The van der Waals surface area contributed by atoms with Gasteiger partial charge in [0.05, 0.1) is 10.5 Å². The van der Waals surface area contributed by atoms with Gasteiger partial charge in [-0.2, -0.15) is 0 Å². The maximum Gasteiger partial charge on any atom is 0.336 e. The number of benzene rings is 1. The van der Waals surface area contributed by atoms with Crippen LogP contribution in [-0.4, -0.2) is 59.5 Å². The number of nitrogens with zero attached hydrogens (tertiary/aromatic N) is 3. The molecule has 0 spiro atoms. The van der Waals surface area contributed by atoms with E-state index in [2.05, 4.69) is 51.7 Å². The highest BCUT2D eigenvalue weighted by Gasteiger charge is 2.38. The van der Waals surface area contributed by atoms with Crippen LogP contribution in [0, 0.1) is 0 Å². The minimum absolute atomic E-state index is 0.0425. The van der Waals surface area contributed by atoms with E-state index in [0.29, 0.717) is 25.0 Å². The molecular formula is C21H29BrN4OS. The number of rotatable bonds is 4. The van der Waals surface area contributed by atoms with Crippen LogP contribution in [0.15, 0.2) is 21.6 Å². The van der Waals surface area contributed by atoms with Crippen LogP contribution in [0.5, 0.6) is 0 Å². The van der Waals surface area contributed by atoms with Crippen molar-refractivity contribution in [3.8, 4) is 0 Å². The molecule has 0 bridgehead atoms. The van der Waals surface area contributed by atoms with Gasteiger partial charge in [-0.3, -0.25) is 0 Å². The molecule has 152 valence electrons. The van der Waals surface area contributed by atoms with E-state index in [1.54, 1.807) is 11.8 Å². The fraction of sp³-hybridized carbons (Fsp3) is 0.571. The Kier molecular flexibility index (Phi) is 5.69. The molecule has 1 saturated heterocycles. The number of carbonyl (C=O) groups is 1. The van der Waals surface area contributed by atoms with Crippen molar-refractivity contribution in [2.75, 3.05) is 38.4 Å². The molecule has 1 N–H and O–H groups in total. The van der Waals surface area contributed by atoms with Crippen LogP contribution in [0.2, 0.25) is 0 Å². The molecule has 1 aliphatic heterocycles. The Morgan fingerprint density at radius 1 is 1.36 bits per heavy atom. The van der Waals surface area contributed by atoms with E-state index in [9.17, 15) is 4.79 Å². The lowest BCUT2D eigenvalue weighted by molar-refractivity contribution is 0.156. The third-order valence-electron chi connectivity index (χ3n) is 6.44. The summed E-state index contributed by atoms with van der Waals surface area (Å²) in [5.74, 6) is 0.565. The zero-order valence-corrected chi connectivity index (χ0v) is 19.5. The fourth-order valence-electron chi connectivity index (χ4n) is 5.05. The standard InChI is InChI=1S/C21H29BrN4OS/c1-5-25(6-2)21(27)23-26-18-11-13(22)10-15-14-8-7-9-24(3)17(14)12-16(19(15)18)20(26)28-4/h10-11,14,17H,5-9,12H2,1-4H3,(H,23,27)/t14-,17-/m1/s1. The summed E-state index contributed by atoms with van der Waals surface area (Å²) in [4.78, 5) is 17.2. The van der Waals surface area contributed by atoms with E-state index in [0.717, 1.165) is 21.4 Å². The number of carbonyl (C=O) groups excluding carboxylic acids is 1. The highest BCUT2D eigenvalue weighted by molar-refractivity contribution is 9.10. The first kappa shape index (κ1) is 20.1. The zero-order chi connectivity index (χ0) is 20.0. The number of thioether (sulfide) groups is 1.